The number of nitrogens with one attached hydrogen (secondary N) is 2. The van der Waals surface area contributed by atoms with Gasteiger partial charge in [-0.25, -0.2) is 0 Å². The molecule has 1 fully saturated rings. The molecule has 0 bridgehead atoms. The summed E-state index contributed by atoms with van der Waals surface area (Å²) < 4.78 is 10.0. The second-order valence-electron chi connectivity index (χ2n) is 4.72. The van der Waals surface area contributed by atoms with Gasteiger partial charge >= 0.3 is 5.69 Å². The lowest BCUT2D eigenvalue weighted by Gasteiger charge is -2.27. The van der Waals surface area contributed by atoms with Gasteiger partial charge in [-0.2, -0.15) is 0 Å². The molecule has 1 amide bonds. The van der Waals surface area contributed by atoms with Gasteiger partial charge in [0.25, 0.3) is 5.91 Å². The summed E-state index contributed by atoms with van der Waals surface area (Å²) >= 11 is 0. The number of rotatable bonds is 6. The molecule has 2 N–H and O–H groups in total. The van der Waals surface area contributed by atoms with E-state index < -0.39 is 4.92 Å². The minimum absolute atomic E-state index is 0. The molecule has 1 aromatic rings. The van der Waals surface area contributed by atoms with Crippen molar-refractivity contribution in [3.63, 3.8) is 0 Å². The third kappa shape index (κ3) is 3.77. The molecule has 1 heterocycles. The minimum Gasteiger partial charge on any atom is -0.493 e. The summed E-state index contributed by atoms with van der Waals surface area (Å²) in [4.78, 5) is 22.6. The smallest absolute Gasteiger partial charge is 0.315 e. The summed E-state index contributed by atoms with van der Waals surface area (Å²) in [7, 11) is 2.68. The Morgan fingerprint density at radius 2 is 2.09 bits per heavy atom. The number of hydrogen-bond acceptors (Lipinski definition) is 6. The van der Waals surface area contributed by atoms with Crippen molar-refractivity contribution in [1.82, 2.24) is 10.6 Å². The van der Waals surface area contributed by atoms with Crippen molar-refractivity contribution in [2.24, 2.45) is 5.92 Å². The highest BCUT2D eigenvalue weighted by molar-refractivity contribution is 5.96. The van der Waals surface area contributed by atoms with Crippen LogP contribution in [0.25, 0.3) is 0 Å². The molecule has 0 saturated carbocycles. The van der Waals surface area contributed by atoms with Crippen LogP contribution in [0.2, 0.25) is 0 Å². The lowest BCUT2D eigenvalue weighted by Crippen LogP contribution is -2.48. The monoisotopic (exact) mass is 331 g/mol. The zero-order valence-electron chi connectivity index (χ0n) is 12.3. The number of nitrogens with zero attached hydrogens (tertiary/aromatic N) is 1. The average molecular weight is 332 g/mol. The highest BCUT2D eigenvalue weighted by atomic mass is 35.5. The summed E-state index contributed by atoms with van der Waals surface area (Å²) in [5.74, 6) is 0.194. The Morgan fingerprint density at radius 3 is 2.55 bits per heavy atom. The number of benzene rings is 1. The predicted octanol–water partition coefficient (Wildman–Crippen LogP) is 0.983. The summed E-state index contributed by atoms with van der Waals surface area (Å²) in [6, 6.07) is 2.62. The maximum Gasteiger partial charge on any atom is 0.315 e. The molecular formula is C13H18ClN3O5. The first-order chi connectivity index (χ1) is 10.1. The maximum atomic E-state index is 12.1. The summed E-state index contributed by atoms with van der Waals surface area (Å²) in [5, 5.41) is 16.9. The molecule has 0 radical (unpaired) electrons. The van der Waals surface area contributed by atoms with Gasteiger partial charge < -0.3 is 20.1 Å². The van der Waals surface area contributed by atoms with Crippen LogP contribution in [0, 0.1) is 16.0 Å². The first-order valence-corrected chi connectivity index (χ1v) is 6.46. The number of halogens is 1. The lowest BCUT2D eigenvalue weighted by atomic mass is 10.0. The first kappa shape index (κ1) is 18.0. The molecule has 122 valence electrons. The van der Waals surface area contributed by atoms with E-state index in [2.05, 4.69) is 10.6 Å². The summed E-state index contributed by atoms with van der Waals surface area (Å²) in [6.07, 6.45) is 0. The highest BCUT2D eigenvalue weighted by Gasteiger charge is 2.24. The first-order valence-electron chi connectivity index (χ1n) is 6.46. The average Bonchev–Trinajstić information content (AvgIpc) is 2.43. The molecule has 8 nitrogen and oxygen atoms in total. The number of nitro groups is 1. The van der Waals surface area contributed by atoms with Crippen molar-refractivity contribution in [3.8, 4) is 11.5 Å². The molecule has 0 unspecified atom stereocenters. The number of carbonyl (C=O) groups excluding carboxylic acids is 1. The van der Waals surface area contributed by atoms with Crippen LogP contribution < -0.4 is 20.1 Å². The second-order valence-corrected chi connectivity index (χ2v) is 4.72. The van der Waals surface area contributed by atoms with Gasteiger partial charge in [0.1, 0.15) is 0 Å². The molecule has 1 aliphatic rings. The van der Waals surface area contributed by atoms with Crippen LogP contribution in [0.15, 0.2) is 12.1 Å². The van der Waals surface area contributed by atoms with Crippen LogP contribution in [0.4, 0.5) is 5.69 Å². The Hall–Kier alpha value is -2.06. The molecule has 1 saturated heterocycles. The zero-order valence-corrected chi connectivity index (χ0v) is 13.1. The van der Waals surface area contributed by atoms with Crippen molar-refractivity contribution in [2.45, 2.75) is 0 Å². The fourth-order valence-electron chi connectivity index (χ4n) is 2.04. The van der Waals surface area contributed by atoms with E-state index in [-0.39, 0.29) is 41.1 Å². The fourth-order valence-corrected chi connectivity index (χ4v) is 2.04. The molecule has 2 rings (SSSR count). The maximum absolute atomic E-state index is 12.1. The SMILES string of the molecule is COc1cc(C(=O)NCC2CNC2)cc([N+](=O)[O-])c1OC.Cl. The fraction of sp³-hybridized carbons (Fsp3) is 0.462. The standard InChI is InChI=1S/C13H17N3O5.ClH/c1-20-11-4-9(3-10(16(18)19)12(11)21-2)13(17)15-7-8-5-14-6-8;/h3-4,8,14H,5-7H2,1-2H3,(H,15,17);1H. The van der Waals surface area contributed by atoms with Crippen LogP contribution in [-0.2, 0) is 0 Å². The van der Waals surface area contributed by atoms with Gasteiger partial charge in [0.15, 0.2) is 5.75 Å². The van der Waals surface area contributed by atoms with E-state index in [4.69, 9.17) is 9.47 Å². The summed E-state index contributed by atoms with van der Waals surface area (Å²) in [6.45, 7) is 2.27. The third-order valence-corrected chi connectivity index (χ3v) is 3.34. The highest BCUT2D eigenvalue weighted by Crippen LogP contribution is 2.37. The quantitative estimate of drug-likeness (QED) is 0.595. The lowest BCUT2D eigenvalue weighted by molar-refractivity contribution is -0.385. The Morgan fingerprint density at radius 1 is 1.41 bits per heavy atom. The topological polar surface area (TPSA) is 103 Å². The number of ether oxygens (including phenoxy) is 2. The minimum atomic E-state index is -0.603. The molecule has 0 aliphatic carbocycles. The second kappa shape index (κ2) is 7.81. The van der Waals surface area contributed by atoms with Gasteiger partial charge in [-0.05, 0) is 6.07 Å². The van der Waals surface area contributed by atoms with Crippen LogP contribution in [0.1, 0.15) is 10.4 Å². The van der Waals surface area contributed by atoms with E-state index in [1.165, 1.54) is 26.4 Å². The van der Waals surface area contributed by atoms with Crippen molar-refractivity contribution in [2.75, 3.05) is 33.9 Å². The third-order valence-electron chi connectivity index (χ3n) is 3.34. The molecule has 9 heteroatoms. The van der Waals surface area contributed by atoms with Gasteiger partial charge in [-0.15, -0.1) is 12.4 Å². The van der Waals surface area contributed by atoms with Crippen molar-refractivity contribution < 1.29 is 19.2 Å². The normalized spacial score (nSPS) is 13.5. The Balaban J connectivity index is 0.00000242. The van der Waals surface area contributed by atoms with Crippen molar-refractivity contribution >= 4 is 24.0 Å². The number of carbonyl (C=O) groups is 1. The van der Waals surface area contributed by atoms with E-state index in [0.717, 1.165) is 13.1 Å². The zero-order chi connectivity index (χ0) is 15.4. The van der Waals surface area contributed by atoms with E-state index in [9.17, 15) is 14.9 Å². The van der Waals surface area contributed by atoms with Crippen molar-refractivity contribution in [1.29, 1.82) is 0 Å². The Bertz CT molecular complexity index is 563. The van der Waals surface area contributed by atoms with E-state index >= 15 is 0 Å². The number of nitro benzene ring substituents is 1. The Labute approximate surface area is 133 Å². The number of methoxy groups -OCH3 is 2. The van der Waals surface area contributed by atoms with Crippen LogP contribution in [0.3, 0.4) is 0 Å². The molecule has 0 aromatic heterocycles. The van der Waals surface area contributed by atoms with E-state index in [1.807, 2.05) is 0 Å². The molecule has 22 heavy (non-hydrogen) atoms. The Kier molecular flexibility index (Phi) is 6.39. The van der Waals surface area contributed by atoms with Crippen LogP contribution in [0.5, 0.6) is 11.5 Å². The molecule has 1 aliphatic heterocycles. The number of hydrogen-bond donors (Lipinski definition) is 2. The molecule has 0 spiro atoms. The van der Waals surface area contributed by atoms with Gasteiger partial charge in [0.2, 0.25) is 5.75 Å². The molecular weight excluding hydrogens is 314 g/mol. The van der Waals surface area contributed by atoms with Gasteiger partial charge in [-0.1, -0.05) is 0 Å². The van der Waals surface area contributed by atoms with Crippen molar-refractivity contribution in [3.05, 3.63) is 27.8 Å². The van der Waals surface area contributed by atoms with Crippen LogP contribution in [-0.4, -0.2) is 44.7 Å². The molecule has 1 aromatic carbocycles. The van der Waals surface area contributed by atoms with Crippen LogP contribution >= 0.6 is 12.4 Å². The molecule has 0 atom stereocenters. The van der Waals surface area contributed by atoms with E-state index in [1.54, 1.807) is 0 Å². The predicted molar refractivity (Wildman–Crippen MR) is 82.1 cm³/mol. The number of amides is 1. The van der Waals surface area contributed by atoms with Gasteiger partial charge in [-0.3, -0.25) is 14.9 Å². The van der Waals surface area contributed by atoms with E-state index in [0.29, 0.717) is 12.5 Å². The van der Waals surface area contributed by atoms with Gasteiger partial charge in [0.05, 0.1) is 24.7 Å². The summed E-state index contributed by atoms with van der Waals surface area (Å²) in [5.41, 5.74) is -0.126. The largest absolute Gasteiger partial charge is 0.493 e. The van der Waals surface area contributed by atoms with Gasteiger partial charge in [0, 0.05) is 31.6 Å².